The van der Waals surface area contributed by atoms with Crippen molar-refractivity contribution in [1.82, 2.24) is 15.8 Å². The Morgan fingerprint density at radius 1 is 1.14 bits per heavy atom. The Morgan fingerprint density at radius 2 is 1.93 bits per heavy atom. The monoisotopic (exact) mass is 385 g/mol. The van der Waals surface area contributed by atoms with Gasteiger partial charge in [-0.25, -0.2) is 0 Å². The number of hydrazine groups is 1. The Hall–Kier alpha value is -3.29. The average molecular weight is 385 g/mol. The van der Waals surface area contributed by atoms with Crippen molar-refractivity contribution in [1.29, 1.82) is 0 Å². The predicted molar refractivity (Wildman–Crippen MR) is 100 cm³/mol. The zero-order chi connectivity index (χ0) is 19.9. The lowest BCUT2D eigenvalue weighted by atomic mass is 9.97. The molecule has 1 aliphatic heterocycles. The van der Waals surface area contributed by atoms with Crippen molar-refractivity contribution in [3.05, 3.63) is 54.0 Å². The fourth-order valence-electron chi connectivity index (χ4n) is 3.01. The minimum Gasteiger partial charge on any atom is -0.486 e. The van der Waals surface area contributed by atoms with Crippen LogP contribution < -0.4 is 15.6 Å². The number of nitrogens with one attached hydrogen (secondary N) is 2. The molecule has 2 aromatic rings. The van der Waals surface area contributed by atoms with Crippen LogP contribution in [0, 0.1) is 5.92 Å². The summed E-state index contributed by atoms with van der Waals surface area (Å²) < 4.78 is 11.0. The number of hydrogen-bond donors (Lipinski definition) is 2. The molecule has 2 heterocycles. The number of carbonyl (C=O) groups excluding carboxylic acids is 3. The van der Waals surface area contributed by atoms with E-state index in [-0.39, 0.29) is 30.1 Å². The number of nitrogens with zero attached hydrogens (tertiary/aromatic N) is 1. The molecule has 0 unspecified atom stereocenters. The number of rotatable bonds is 5. The summed E-state index contributed by atoms with van der Waals surface area (Å²) >= 11 is 0. The normalized spacial score (nSPS) is 16.3. The van der Waals surface area contributed by atoms with Crippen LogP contribution in [0.2, 0.25) is 0 Å². The van der Waals surface area contributed by atoms with Crippen molar-refractivity contribution in [3.8, 4) is 5.75 Å². The second-order valence-electron chi connectivity index (χ2n) is 6.62. The Kier molecular flexibility index (Phi) is 6.31. The molecule has 0 radical (unpaired) electrons. The molecule has 148 valence electrons. The summed E-state index contributed by atoms with van der Waals surface area (Å²) in [4.78, 5) is 37.5. The molecule has 28 heavy (non-hydrogen) atoms. The molecule has 0 spiro atoms. The SMILES string of the molecule is CC(=O)N1CCC[C@@H](C(=O)NNC(=O)c2ccc(COc3ccccc3)o2)C1. The Labute approximate surface area is 162 Å². The highest BCUT2D eigenvalue weighted by Gasteiger charge is 2.27. The summed E-state index contributed by atoms with van der Waals surface area (Å²) in [7, 11) is 0. The van der Waals surface area contributed by atoms with Gasteiger partial charge < -0.3 is 14.1 Å². The van der Waals surface area contributed by atoms with Crippen molar-refractivity contribution in [2.45, 2.75) is 26.4 Å². The van der Waals surface area contributed by atoms with E-state index in [1.54, 1.807) is 11.0 Å². The van der Waals surface area contributed by atoms with Crippen molar-refractivity contribution in [2.24, 2.45) is 5.92 Å². The quantitative estimate of drug-likeness (QED) is 0.766. The van der Waals surface area contributed by atoms with Crippen LogP contribution in [0.3, 0.4) is 0 Å². The maximum absolute atomic E-state index is 12.3. The topological polar surface area (TPSA) is 101 Å². The summed E-state index contributed by atoms with van der Waals surface area (Å²) in [6, 6.07) is 12.4. The van der Waals surface area contributed by atoms with Gasteiger partial charge in [-0.05, 0) is 37.1 Å². The van der Waals surface area contributed by atoms with Gasteiger partial charge in [0.05, 0.1) is 5.92 Å². The van der Waals surface area contributed by atoms with Crippen molar-refractivity contribution in [2.75, 3.05) is 13.1 Å². The second kappa shape index (κ2) is 9.07. The first-order chi connectivity index (χ1) is 13.5. The molecule has 0 bridgehead atoms. The Balaban J connectivity index is 1.46. The molecule has 2 N–H and O–H groups in total. The number of para-hydroxylation sites is 1. The number of benzene rings is 1. The average Bonchev–Trinajstić information content (AvgIpc) is 3.20. The van der Waals surface area contributed by atoms with E-state index in [1.807, 2.05) is 30.3 Å². The minimum absolute atomic E-state index is 0.0534. The second-order valence-corrected chi connectivity index (χ2v) is 6.62. The van der Waals surface area contributed by atoms with Crippen molar-refractivity contribution < 1.29 is 23.5 Å². The van der Waals surface area contributed by atoms with Gasteiger partial charge in [0.2, 0.25) is 11.8 Å². The number of ether oxygens (including phenoxy) is 1. The number of furan rings is 1. The number of amides is 3. The zero-order valence-electron chi connectivity index (χ0n) is 15.6. The third-order valence-corrected chi connectivity index (χ3v) is 4.55. The first-order valence-corrected chi connectivity index (χ1v) is 9.15. The fourth-order valence-corrected chi connectivity index (χ4v) is 3.01. The van der Waals surface area contributed by atoms with Gasteiger partial charge in [-0.2, -0.15) is 0 Å². The molecule has 8 heteroatoms. The molecule has 0 aliphatic carbocycles. The van der Waals surface area contributed by atoms with Gasteiger partial charge in [-0.1, -0.05) is 18.2 Å². The van der Waals surface area contributed by atoms with Crippen LogP contribution in [0.4, 0.5) is 0 Å². The Bertz CT molecular complexity index is 833. The van der Waals surface area contributed by atoms with Gasteiger partial charge in [-0.15, -0.1) is 0 Å². The maximum Gasteiger partial charge on any atom is 0.305 e. The van der Waals surface area contributed by atoms with Crippen LogP contribution in [0.15, 0.2) is 46.9 Å². The van der Waals surface area contributed by atoms with E-state index in [4.69, 9.17) is 9.15 Å². The van der Waals surface area contributed by atoms with E-state index in [0.717, 1.165) is 6.42 Å². The predicted octanol–water partition coefficient (Wildman–Crippen LogP) is 1.88. The maximum atomic E-state index is 12.3. The molecular weight excluding hydrogens is 362 g/mol. The molecule has 1 aromatic carbocycles. The standard InChI is InChI=1S/C20H23N3O5/c1-14(24)23-11-5-6-15(12-23)19(25)21-22-20(26)18-10-9-17(28-18)13-27-16-7-3-2-4-8-16/h2-4,7-10,15H,5-6,11-13H2,1H3,(H,21,25)(H,22,26)/t15-/m1/s1. The molecule has 3 rings (SSSR count). The minimum atomic E-state index is -0.557. The fraction of sp³-hybridized carbons (Fsp3) is 0.350. The lowest BCUT2D eigenvalue weighted by molar-refractivity contribution is -0.134. The van der Waals surface area contributed by atoms with Crippen LogP contribution >= 0.6 is 0 Å². The van der Waals surface area contributed by atoms with Crippen LogP contribution in [0.5, 0.6) is 5.75 Å². The van der Waals surface area contributed by atoms with Crippen molar-refractivity contribution in [3.63, 3.8) is 0 Å². The summed E-state index contributed by atoms with van der Waals surface area (Å²) in [5.74, 6) is -0.0151. The Morgan fingerprint density at radius 3 is 2.68 bits per heavy atom. The van der Waals surface area contributed by atoms with Crippen molar-refractivity contribution >= 4 is 17.7 Å². The third-order valence-electron chi connectivity index (χ3n) is 4.55. The number of hydrogen-bond acceptors (Lipinski definition) is 5. The summed E-state index contributed by atoms with van der Waals surface area (Å²) in [6.07, 6.45) is 1.43. The van der Waals surface area contributed by atoms with Gasteiger partial charge in [-0.3, -0.25) is 25.2 Å². The molecule has 8 nitrogen and oxygen atoms in total. The zero-order valence-corrected chi connectivity index (χ0v) is 15.6. The molecule has 1 atom stereocenters. The molecular formula is C20H23N3O5. The van der Waals surface area contributed by atoms with E-state index in [2.05, 4.69) is 10.9 Å². The van der Waals surface area contributed by atoms with Gasteiger partial charge >= 0.3 is 5.91 Å². The van der Waals surface area contributed by atoms with Crippen LogP contribution in [-0.4, -0.2) is 35.7 Å². The third kappa shape index (κ3) is 5.12. The van der Waals surface area contributed by atoms with Gasteiger partial charge in [0.1, 0.15) is 18.1 Å². The van der Waals surface area contributed by atoms with E-state index in [1.165, 1.54) is 13.0 Å². The van der Waals surface area contributed by atoms with Gasteiger partial charge in [0.15, 0.2) is 5.76 Å². The summed E-state index contributed by atoms with van der Waals surface area (Å²) in [5.41, 5.74) is 4.76. The first kappa shape index (κ1) is 19.5. The molecule has 1 aliphatic rings. The van der Waals surface area contributed by atoms with Crippen LogP contribution in [0.25, 0.3) is 0 Å². The lowest BCUT2D eigenvalue weighted by Gasteiger charge is -2.31. The van der Waals surface area contributed by atoms with E-state index in [0.29, 0.717) is 31.0 Å². The molecule has 1 fully saturated rings. The number of carbonyl (C=O) groups is 3. The summed E-state index contributed by atoms with van der Waals surface area (Å²) in [6.45, 7) is 2.69. The largest absolute Gasteiger partial charge is 0.486 e. The molecule has 3 amide bonds. The number of piperidine rings is 1. The van der Waals surface area contributed by atoms with E-state index in [9.17, 15) is 14.4 Å². The highest BCUT2D eigenvalue weighted by Crippen LogP contribution is 2.17. The van der Waals surface area contributed by atoms with Crippen LogP contribution in [-0.2, 0) is 16.2 Å². The van der Waals surface area contributed by atoms with E-state index >= 15 is 0 Å². The lowest BCUT2D eigenvalue weighted by Crippen LogP contribution is -2.49. The highest BCUT2D eigenvalue weighted by atomic mass is 16.5. The molecule has 0 saturated carbocycles. The smallest absolute Gasteiger partial charge is 0.305 e. The van der Waals surface area contributed by atoms with Gasteiger partial charge in [0.25, 0.3) is 0 Å². The molecule has 1 aromatic heterocycles. The molecule has 1 saturated heterocycles. The van der Waals surface area contributed by atoms with E-state index < -0.39 is 5.91 Å². The van der Waals surface area contributed by atoms with Gasteiger partial charge in [0, 0.05) is 20.0 Å². The highest BCUT2D eigenvalue weighted by molar-refractivity contribution is 5.93. The van der Waals surface area contributed by atoms with Crippen LogP contribution in [0.1, 0.15) is 36.1 Å². The summed E-state index contributed by atoms with van der Waals surface area (Å²) in [5, 5.41) is 0. The number of likely N-dealkylation sites (tertiary alicyclic amines) is 1. The first-order valence-electron chi connectivity index (χ1n) is 9.15.